The van der Waals surface area contributed by atoms with Crippen molar-refractivity contribution in [2.45, 2.75) is 60.3 Å². The number of carboxylic acid groups (broad SMARTS) is 1. The number of carbonyl (C=O) groups excluding carboxylic acids is 2. The van der Waals surface area contributed by atoms with Crippen LogP contribution in [-0.4, -0.2) is 33.0 Å². The maximum Gasteiger partial charge on any atom is 0.347 e. The summed E-state index contributed by atoms with van der Waals surface area (Å²) in [4.78, 5) is 38.3. The van der Waals surface area contributed by atoms with Crippen LogP contribution in [0.15, 0.2) is 41.2 Å². The second kappa shape index (κ2) is 8.11. The Bertz CT molecular complexity index is 1250. The predicted molar refractivity (Wildman–Crippen MR) is 129 cm³/mol. The minimum absolute atomic E-state index is 0.0501. The Morgan fingerprint density at radius 1 is 1.23 bits per heavy atom. The van der Waals surface area contributed by atoms with Gasteiger partial charge in [-0.05, 0) is 82.4 Å². The number of fused-ring (bicyclic) bond motifs is 3. The van der Waals surface area contributed by atoms with Crippen LogP contribution < -0.4 is 0 Å². The van der Waals surface area contributed by atoms with Gasteiger partial charge in [0, 0.05) is 16.6 Å². The normalized spacial score (nSPS) is 29.3. The average molecular weight is 481 g/mol. The summed E-state index contributed by atoms with van der Waals surface area (Å²) < 4.78 is 5.66. The first kappa shape index (κ1) is 24.8. The van der Waals surface area contributed by atoms with E-state index in [9.17, 15) is 29.7 Å². The number of carbonyl (C=O) groups is 3. The Hall–Kier alpha value is -3.35. The lowest BCUT2D eigenvalue weighted by Crippen LogP contribution is -2.29. The molecule has 0 unspecified atom stereocenters. The van der Waals surface area contributed by atoms with E-state index in [-0.39, 0.29) is 46.6 Å². The van der Waals surface area contributed by atoms with Gasteiger partial charge in [0.15, 0.2) is 5.76 Å². The van der Waals surface area contributed by atoms with Crippen LogP contribution in [0.1, 0.15) is 68.4 Å². The summed E-state index contributed by atoms with van der Waals surface area (Å²) in [5.74, 6) is -2.77. The van der Waals surface area contributed by atoms with Crippen molar-refractivity contribution < 1.29 is 34.4 Å². The maximum atomic E-state index is 13.3. The number of aryl methyl sites for hydroxylation is 1. The first-order valence-corrected chi connectivity index (χ1v) is 11.8. The summed E-state index contributed by atoms with van der Waals surface area (Å²) in [6.07, 6.45) is 3.42. The van der Waals surface area contributed by atoms with Gasteiger partial charge in [0.2, 0.25) is 5.78 Å². The Labute approximate surface area is 204 Å². The number of esters is 1. The molecule has 3 N–H and O–H groups in total. The molecule has 0 aromatic heterocycles. The van der Waals surface area contributed by atoms with Crippen molar-refractivity contribution in [2.24, 2.45) is 22.7 Å². The van der Waals surface area contributed by atoms with E-state index < -0.39 is 28.6 Å². The van der Waals surface area contributed by atoms with E-state index in [1.807, 2.05) is 26.8 Å². The SMILES string of the molecule is C=C1C(=O)C(OC(=O)c2c(C)cc(O)c(CC=C(C)C)c2O)=C2C[C@H]3C[C@](C)(C(=O)O)C[C@H]3[C@@]12C. The van der Waals surface area contributed by atoms with Crippen molar-refractivity contribution >= 4 is 17.7 Å². The van der Waals surface area contributed by atoms with Gasteiger partial charge in [0.05, 0.1) is 5.41 Å². The first-order chi connectivity index (χ1) is 16.2. The third kappa shape index (κ3) is 3.60. The molecule has 3 aliphatic carbocycles. The smallest absolute Gasteiger partial charge is 0.347 e. The van der Waals surface area contributed by atoms with Gasteiger partial charge in [-0.25, -0.2) is 4.79 Å². The number of aromatic hydroxyl groups is 2. The number of rotatable bonds is 5. The lowest BCUT2D eigenvalue weighted by atomic mass is 9.71. The highest BCUT2D eigenvalue weighted by molar-refractivity contribution is 6.14. The van der Waals surface area contributed by atoms with Crippen LogP contribution in [0.2, 0.25) is 0 Å². The Morgan fingerprint density at radius 3 is 2.49 bits per heavy atom. The van der Waals surface area contributed by atoms with E-state index in [1.54, 1.807) is 13.8 Å². The van der Waals surface area contributed by atoms with E-state index in [4.69, 9.17) is 4.74 Å². The summed E-state index contributed by atoms with van der Waals surface area (Å²) in [6, 6.07) is 1.40. The molecule has 186 valence electrons. The molecule has 0 radical (unpaired) electrons. The van der Waals surface area contributed by atoms with Gasteiger partial charge in [-0.2, -0.15) is 0 Å². The molecular formula is C28H32O7. The lowest BCUT2D eigenvalue weighted by Gasteiger charge is -2.31. The summed E-state index contributed by atoms with van der Waals surface area (Å²) in [5, 5.41) is 30.9. The van der Waals surface area contributed by atoms with E-state index in [0.717, 1.165) is 5.57 Å². The second-order valence-electron chi connectivity index (χ2n) is 11.0. The van der Waals surface area contributed by atoms with Crippen molar-refractivity contribution in [3.8, 4) is 11.5 Å². The van der Waals surface area contributed by atoms with E-state index >= 15 is 0 Å². The minimum atomic E-state index is -0.876. The van der Waals surface area contributed by atoms with Gasteiger partial charge in [-0.3, -0.25) is 9.59 Å². The minimum Gasteiger partial charge on any atom is -0.508 e. The molecule has 0 saturated heterocycles. The monoisotopic (exact) mass is 480 g/mol. The van der Waals surface area contributed by atoms with Gasteiger partial charge in [-0.1, -0.05) is 25.2 Å². The molecule has 7 heteroatoms. The highest BCUT2D eigenvalue weighted by Gasteiger charge is 2.64. The maximum absolute atomic E-state index is 13.3. The van der Waals surface area contributed by atoms with Crippen molar-refractivity contribution in [1.29, 1.82) is 0 Å². The zero-order valence-electron chi connectivity index (χ0n) is 20.8. The lowest BCUT2D eigenvalue weighted by molar-refractivity contribution is -0.148. The van der Waals surface area contributed by atoms with E-state index in [2.05, 4.69) is 6.58 Å². The molecule has 2 saturated carbocycles. The number of ketones is 1. The van der Waals surface area contributed by atoms with Crippen molar-refractivity contribution in [3.63, 3.8) is 0 Å². The van der Waals surface area contributed by atoms with Crippen LogP contribution in [0.3, 0.4) is 0 Å². The fourth-order valence-corrected chi connectivity index (χ4v) is 6.30. The predicted octanol–water partition coefficient (Wildman–Crippen LogP) is 4.99. The summed E-state index contributed by atoms with van der Waals surface area (Å²) in [7, 11) is 0. The molecule has 0 spiro atoms. The Kier molecular flexibility index (Phi) is 5.74. The zero-order valence-corrected chi connectivity index (χ0v) is 20.8. The van der Waals surface area contributed by atoms with Crippen LogP contribution in [0.25, 0.3) is 0 Å². The molecule has 0 bridgehead atoms. The number of Topliss-reactive ketones (excluding diaryl/α,β-unsaturated/α-hetero) is 1. The van der Waals surface area contributed by atoms with Gasteiger partial charge in [-0.15, -0.1) is 0 Å². The van der Waals surface area contributed by atoms with E-state index in [1.165, 1.54) is 6.07 Å². The van der Waals surface area contributed by atoms with Crippen molar-refractivity contribution in [3.05, 3.63) is 57.9 Å². The zero-order chi connectivity index (χ0) is 26.0. The number of hydrogen-bond donors (Lipinski definition) is 3. The van der Waals surface area contributed by atoms with Gasteiger partial charge in [0.1, 0.15) is 17.1 Å². The standard InChI is InChI=1S/C28H32O7/c1-13(2)7-8-17-20(29)9-14(3)21(23(17)31)25(32)35-24-18-10-16-11-27(5,26(33)34)12-19(16)28(18,6)15(4)22(24)30/h7,9,16,19,29,31H,4,8,10-12H2,1-3,5-6H3,(H,33,34)/t16-,19+,27-,28-/m0/s1. The van der Waals surface area contributed by atoms with Crippen LogP contribution in [0.4, 0.5) is 0 Å². The number of hydrogen-bond acceptors (Lipinski definition) is 6. The van der Waals surface area contributed by atoms with E-state index in [0.29, 0.717) is 36.0 Å². The van der Waals surface area contributed by atoms with Crippen molar-refractivity contribution in [1.82, 2.24) is 0 Å². The summed E-state index contributed by atoms with van der Waals surface area (Å²) in [6.45, 7) is 13.0. The number of carboxylic acids is 1. The second-order valence-corrected chi connectivity index (χ2v) is 11.0. The van der Waals surface area contributed by atoms with Crippen LogP contribution >= 0.6 is 0 Å². The molecular weight excluding hydrogens is 448 g/mol. The Morgan fingerprint density at radius 2 is 1.89 bits per heavy atom. The molecule has 0 aliphatic heterocycles. The topological polar surface area (TPSA) is 121 Å². The highest BCUT2D eigenvalue weighted by atomic mass is 16.5. The molecule has 0 amide bonds. The summed E-state index contributed by atoms with van der Waals surface area (Å²) >= 11 is 0. The molecule has 0 heterocycles. The number of benzene rings is 1. The van der Waals surface area contributed by atoms with Crippen molar-refractivity contribution in [2.75, 3.05) is 0 Å². The molecule has 4 atom stereocenters. The molecule has 7 nitrogen and oxygen atoms in total. The Balaban J connectivity index is 1.70. The van der Waals surface area contributed by atoms with Gasteiger partial charge < -0.3 is 20.1 Å². The van der Waals surface area contributed by atoms with Crippen LogP contribution in [-0.2, 0) is 20.7 Å². The third-order valence-electron chi connectivity index (χ3n) is 8.38. The fourth-order valence-electron chi connectivity index (χ4n) is 6.30. The summed E-state index contributed by atoms with van der Waals surface area (Å²) in [5.41, 5.74) is 0.796. The first-order valence-electron chi connectivity index (χ1n) is 11.8. The third-order valence-corrected chi connectivity index (χ3v) is 8.38. The molecule has 4 rings (SSSR count). The van der Waals surface area contributed by atoms with Gasteiger partial charge >= 0.3 is 11.9 Å². The highest BCUT2D eigenvalue weighted by Crippen LogP contribution is 2.67. The molecule has 3 aliphatic rings. The number of phenols is 2. The number of phenolic OH excluding ortho intramolecular Hbond substituents is 2. The number of aliphatic carboxylic acids is 1. The number of allylic oxidation sites excluding steroid dienone is 4. The van der Waals surface area contributed by atoms with Gasteiger partial charge in [0.25, 0.3) is 0 Å². The molecule has 1 aromatic rings. The largest absolute Gasteiger partial charge is 0.508 e. The number of ether oxygens (including phenoxy) is 1. The molecule has 1 aromatic carbocycles. The van der Waals surface area contributed by atoms with Crippen LogP contribution in [0, 0.1) is 29.6 Å². The quantitative estimate of drug-likeness (QED) is 0.308. The average Bonchev–Trinajstić information content (AvgIpc) is 3.29. The molecule has 35 heavy (non-hydrogen) atoms. The molecule has 2 fully saturated rings. The van der Waals surface area contributed by atoms with Crippen LogP contribution in [0.5, 0.6) is 11.5 Å². The fraction of sp³-hybridized carbons (Fsp3) is 0.464.